The van der Waals surface area contributed by atoms with E-state index in [1.54, 1.807) is 25.4 Å². The molecule has 7 nitrogen and oxygen atoms in total. The molecule has 8 heteroatoms. The van der Waals surface area contributed by atoms with Crippen molar-refractivity contribution < 1.29 is 14.3 Å². The highest BCUT2D eigenvalue weighted by molar-refractivity contribution is 7.15. The fourth-order valence-electron chi connectivity index (χ4n) is 3.85. The molecule has 1 aromatic carbocycles. The second-order valence-corrected chi connectivity index (χ2v) is 8.58. The van der Waals surface area contributed by atoms with Crippen molar-refractivity contribution in [1.29, 1.82) is 0 Å². The number of anilines is 2. The SMILES string of the molecule is COc1ccc(NC(=O)[C@@H]2CCc3nc(N4CCN(C(C)=O)CC4)sc3C2)cc1. The molecule has 1 aliphatic heterocycles. The number of thiazole rings is 1. The number of fused-ring (bicyclic) bond motifs is 1. The summed E-state index contributed by atoms with van der Waals surface area (Å²) >= 11 is 1.70. The highest BCUT2D eigenvalue weighted by atomic mass is 32.1. The van der Waals surface area contributed by atoms with Gasteiger partial charge in [0.25, 0.3) is 0 Å². The van der Waals surface area contributed by atoms with Gasteiger partial charge in [-0.15, -0.1) is 11.3 Å². The van der Waals surface area contributed by atoms with Gasteiger partial charge >= 0.3 is 0 Å². The van der Waals surface area contributed by atoms with Crippen molar-refractivity contribution in [2.24, 2.45) is 5.92 Å². The number of benzene rings is 1. The molecule has 154 valence electrons. The molecule has 0 unspecified atom stereocenters. The Labute approximate surface area is 174 Å². The predicted molar refractivity (Wildman–Crippen MR) is 114 cm³/mol. The quantitative estimate of drug-likeness (QED) is 0.832. The monoisotopic (exact) mass is 414 g/mol. The summed E-state index contributed by atoms with van der Waals surface area (Å²) in [6.07, 6.45) is 2.39. The average Bonchev–Trinajstić information content (AvgIpc) is 3.17. The molecule has 0 radical (unpaired) electrons. The van der Waals surface area contributed by atoms with Gasteiger partial charge in [-0.05, 0) is 43.5 Å². The van der Waals surface area contributed by atoms with Crippen molar-refractivity contribution in [2.75, 3.05) is 43.5 Å². The molecule has 2 aromatic rings. The lowest BCUT2D eigenvalue weighted by Crippen LogP contribution is -2.48. The fourth-order valence-corrected chi connectivity index (χ4v) is 5.09. The summed E-state index contributed by atoms with van der Waals surface area (Å²) in [6.45, 7) is 4.73. The number of nitrogens with zero attached hydrogens (tertiary/aromatic N) is 3. The second-order valence-electron chi connectivity index (χ2n) is 7.52. The van der Waals surface area contributed by atoms with Crippen LogP contribution in [0, 0.1) is 5.92 Å². The van der Waals surface area contributed by atoms with Crippen LogP contribution < -0.4 is 15.0 Å². The first-order valence-corrected chi connectivity index (χ1v) is 10.8. The van der Waals surface area contributed by atoms with E-state index in [0.717, 1.165) is 67.7 Å². The van der Waals surface area contributed by atoms with Crippen molar-refractivity contribution in [3.05, 3.63) is 34.8 Å². The molecule has 1 atom stereocenters. The maximum atomic E-state index is 12.7. The Bertz CT molecular complexity index is 888. The second kappa shape index (κ2) is 8.41. The Kier molecular flexibility index (Phi) is 5.71. The van der Waals surface area contributed by atoms with Crippen LogP contribution in [-0.4, -0.2) is 55.0 Å². The van der Waals surface area contributed by atoms with E-state index in [2.05, 4.69) is 10.2 Å². The molecule has 1 saturated heterocycles. The summed E-state index contributed by atoms with van der Waals surface area (Å²) < 4.78 is 5.16. The van der Waals surface area contributed by atoms with E-state index in [0.29, 0.717) is 0 Å². The molecule has 0 saturated carbocycles. The van der Waals surface area contributed by atoms with Gasteiger partial charge < -0.3 is 19.9 Å². The number of amides is 2. The minimum atomic E-state index is -0.0348. The summed E-state index contributed by atoms with van der Waals surface area (Å²) in [7, 11) is 1.62. The van der Waals surface area contributed by atoms with Crippen LogP contribution in [0.2, 0.25) is 0 Å². The molecule has 1 aromatic heterocycles. The number of carbonyl (C=O) groups is 2. The lowest BCUT2D eigenvalue weighted by molar-refractivity contribution is -0.129. The van der Waals surface area contributed by atoms with Crippen LogP contribution in [0.4, 0.5) is 10.8 Å². The Morgan fingerprint density at radius 3 is 2.55 bits per heavy atom. The van der Waals surface area contributed by atoms with E-state index in [1.165, 1.54) is 4.88 Å². The Morgan fingerprint density at radius 2 is 1.90 bits per heavy atom. The standard InChI is InChI=1S/C21H26N4O3S/c1-14(26)24-9-11-25(12-10-24)21-23-18-8-3-15(13-19(18)29-21)20(27)22-16-4-6-17(28-2)7-5-16/h4-7,15H,3,8-13H2,1-2H3,(H,22,27)/t15-/m1/s1. The number of rotatable bonds is 4. The third kappa shape index (κ3) is 4.37. The minimum Gasteiger partial charge on any atom is -0.497 e. The summed E-state index contributed by atoms with van der Waals surface area (Å²) in [5.74, 6) is 0.929. The van der Waals surface area contributed by atoms with Crippen molar-refractivity contribution in [2.45, 2.75) is 26.2 Å². The van der Waals surface area contributed by atoms with E-state index < -0.39 is 0 Å². The van der Waals surface area contributed by atoms with Gasteiger partial charge in [0.05, 0.1) is 12.8 Å². The summed E-state index contributed by atoms with van der Waals surface area (Å²) in [5, 5.41) is 4.04. The van der Waals surface area contributed by atoms with Crippen LogP contribution in [0.5, 0.6) is 5.75 Å². The highest BCUT2D eigenvalue weighted by Gasteiger charge is 2.29. The van der Waals surface area contributed by atoms with Gasteiger partial charge in [0, 0.05) is 49.6 Å². The highest BCUT2D eigenvalue weighted by Crippen LogP contribution is 2.35. The number of hydrogen-bond acceptors (Lipinski definition) is 6. The van der Waals surface area contributed by atoms with Crippen LogP contribution >= 0.6 is 11.3 Å². The van der Waals surface area contributed by atoms with Gasteiger partial charge in [-0.25, -0.2) is 4.98 Å². The van der Waals surface area contributed by atoms with Crippen molar-refractivity contribution in [3.8, 4) is 5.75 Å². The first kappa shape index (κ1) is 19.7. The van der Waals surface area contributed by atoms with Gasteiger partial charge in [-0.1, -0.05) is 0 Å². The van der Waals surface area contributed by atoms with Gasteiger partial charge in [-0.3, -0.25) is 9.59 Å². The topological polar surface area (TPSA) is 74.8 Å². The van der Waals surface area contributed by atoms with Gasteiger partial charge in [0.1, 0.15) is 5.75 Å². The Hall–Kier alpha value is -2.61. The van der Waals surface area contributed by atoms with Crippen LogP contribution in [0.1, 0.15) is 23.9 Å². The smallest absolute Gasteiger partial charge is 0.227 e. The predicted octanol–water partition coefficient (Wildman–Crippen LogP) is 2.56. The largest absolute Gasteiger partial charge is 0.497 e. The first-order chi connectivity index (χ1) is 14.0. The van der Waals surface area contributed by atoms with Crippen LogP contribution in [0.3, 0.4) is 0 Å². The van der Waals surface area contributed by atoms with E-state index in [-0.39, 0.29) is 17.7 Å². The number of carbonyl (C=O) groups excluding carboxylic acids is 2. The number of nitrogens with one attached hydrogen (secondary N) is 1. The summed E-state index contributed by atoms with van der Waals surface area (Å²) in [6, 6.07) is 7.40. The zero-order chi connectivity index (χ0) is 20.4. The Morgan fingerprint density at radius 1 is 1.17 bits per heavy atom. The lowest BCUT2D eigenvalue weighted by atomic mass is 9.90. The van der Waals surface area contributed by atoms with Crippen molar-refractivity contribution >= 4 is 34.0 Å². The molecule has 2 amide bonds. The number of piperazine rings is 1. The fraction of sp³-hybridized carbons (Fsp3) is 0.476. The number of aryl methyl sites for hydroxylation is 1. The van der Waals surface area contributed by atoms with E-state index in [4.69, 9.17) is 9.72 Å². The van der Waals surface area contributed by atoms with Gasteiger partial charge in [-0.2, -0.15) is 0 Å². The Balaban J connectivity index is 1.37. The molecule has 1 N–H and O–H groups in total. The molecular formula is C21H26N4O3S. The zero-order valence-electron chi connectivity index (χ0n) is 16.8. The van der Waals surface area contributed by atoms with Gasteiger partial charge in [0.2, 0.25) is 11.8 Å². The van der Waals surface area contributed by atoms with E-state index >= 15 is 0 Å². The van der Waals surface area contributed by atoms with Crippen molar-refractivity contribution in [3.63, 3.8) is 0 Å². The molecule has 2 aliphatic rings. The first-order valence-electron chi connectivity index (χ1n) is 9.97. The molecule has 0 spiro atoms. The molecule has 29 heavy (non-hydrogen) atoms. The molecule has 0 bridgehead atoms. The molecule has 2 heterocycles. The maximum Gasteiger partial charge on any atom is 0.227 e. The number of ether oxygens (including phenoxy) is 1. The number of aromatic nitrogens is 1. The molecule has 1 fully saturated rings. The third-order valence-electron chi connectivity index (χ3n) is 5.65. The van der Waals surface area contributed by atoms with Crippen LogP contribution in [0.15, 0.2) is 24.3 Å². The maximum absolute atomic E-state index is 12.7. The van der Waals surface area contributed by atoms with E-state index in [9.17, 15) is 9.59 Å². The average molecular weight is 415 g/mol. The molecule has 1 aliphatic carbocycles. The zero-order valence-corrected chi connectivity index (χ0v) is 17.6. The van der Waals surface area contributed by atoms with Crippen LogP contribution in [0.25, 0.3) is 0 Å². The van der Waals surface area contributed by atoms with Gasteiger partial charge in [0.15, 0.2) is 5.13 Å². The molecular weight excluding hydrogens is 388 g/mol. The minimum absolute atomic E-state index is 0.0348. The summed E-state index contributed by atoms with van der Waals surface area (Å²) in [4.78, 5) is 34.4. The number of methoxy groups -OCH3 is 1. The van der Waals surface area contributed by atoms with Crippen LogP contribution in [-0.2, 0) is 22.4 Å². The van der Waals surface area contributed by atoms with E-state index in [1.807, 2.05) is 29.2 Å². The number of hydrogen-bond donors (Lipinski definition) is 1. The third-order valence-corrected chi connectivity index (χ3v) is 6.83. The summed E-state index contributed by atoms with van der Waals surface area (Å²) in [5.41, 5.74) is 1.92. The van der Waals surface area contributed by atoms with Crippen molar-refractivity contribution in [1.82, 2.24) is 9.88 Å². The lowest BCUT2D eigenvalue weighted by Gasteiger charge is -2.33. The normalized spacial score (nSPS) is 18.9. The molecule has 4 rings (SSSR count).